The second-order valence-corrected chi connectivity index (χ2v) is 8.22. The van der Waals surface area contributed by atoms with Crippen LogP contribution < -0.4 is 16.4 Å². The molecule has 140 valence electrons. The maximum absolute atomic E-state index is 12.9. The van der Waals surface area contributed by atoms with Crippen molar-refractivity contribution in [3.63, 3.8) is 0 Å². The van der Waals surface area contributed by atoms with Crippen LogP contribution in [0.2, 0.25) is 5.02 Å². The number of nitrogens with zero attached hydrogens (tertiary/aromatic N) is 2. The maximum atomic E-state index is 12.9. The molecular formula is C19H20ClN4O2P. The molecule has 1 saturated carbocycles. The Morgan fingerprint density at radius 3 is 2.85 bits per heavy atom. The Labute approximate surface area is 164 Å². The molecular weight excluding hydrogens is 383 g/mol. The Bertz CT molecular complexity index is 998. The van der Waals surface area contributed by atoms with E-state index < -0.39 is 0 Å². The Balaban J connectivity index is 1.65. The third kappa shape index (κ3) is 3.28. The number of hydrogen-bond acceptors (Lipinski definition) is 4. The van der Waals surface area contributed by atoms with Crippen molar-refractivity contribution in [1.29, 1.82) is 0 Å². The van der Waals surface area contributed by atoms with Crippen LogP contribution in [-0.2, 0) is 11.8 Å². The molecule has 0 bridgehead atoms. The van der Waals surface area contributed by atoms with Crippen molar-refractivity contribution in [2.75, 3.05) is 11.1 Å². The van der Waals surface area contributed by atoms with Gasteiger partial charge in [-0.2, -0.15) is 5.10 Å². The molecule has 1 amide bonds. The highest BCUT2D eigenvalue weighted by molar-refractivity contribution is 7.28. The zero-order valence-corrected chi connectivity index (χ0v) is 16.7. The first-order chi connectivity index (χ1) is 12.8. The van der Waals surface area contributed by atoms with Crippen LogP contribution in [0, 0.1) is 11.8 Å². The minimum Gasteiger partial charge on any atom is -0.383 e. The van der Waals surface area contributed by atoms with E-state index in [4.69, 9.17) is 17.3 Å². The number of nitrogens with two attached hydrogens (primary N) is 1. The SMILES string of the molecule is Cn1nc(C2=CC3CC(=O)CC3C2)c(C(=O)Nc2ccc(P)c(Cl)c2)c1N. The number of aromatic nitrogens is 2. The fourth-order valence-electron chi connectivity index (χ4n) is 3.94. The Morgan fingerprint density at radius 1 is 1.37 bits per heavy atom. The number of rotatable bonds is 3. The number of nitrogens with one attached hydrogen (secondary N) is 1. The monoisotopic (exact) mass is 402 g/mol. The number of aryl methyl sites for hydroxylation is 1. The number of amides is 1. The maximum Gasteiger partial charge on any atom is 0.261 e. The average Bonchev–Trinajstić information content (AvgIpc) is 3.22. The van der Waals surface area contributed by atoms with Crippen LogP contribution in [0.1, 0.15) is 35.3 Å². The van der Waals surface area contributed by atoms with Crippen molar-refractivity contribution >= 4 is 54.9 Å². The van der Waals surface area contributed by atoms with E-state index in [0.29, 0.717) is 52.3 Å². The molecule has 0 saturated heterocycles. The zero-order chi connectivity index (χ0) is 19.3. The summed E-state index contributed by atoms with van der Waals surface area (Å²) < 4.78 is 1.52. The summed E-state index contributed by atoms with van der Waals surface area (Å²) >= 11 is 6.13. The van der Waals surface area contributed by atoms with Crippen molar-refractivity contribution in [3.05, 3.63) is 40.6 Å². The minimum absolute atomic E-state index is 0.250. The van der Waals surface area contributed by atoms with Crippen molar-refractivity contribution in [2.24, 2.45) is 18.9 Å². The lowest BCUT2D eigenvalue weighted by atomic mass is 9.98. The molecule has 2 aromatic rings. The van der Waals surface area contributed by atoms with Crippen LogP contribution in [0.15, 0.2) is 24.3 Å². The smallest absolute Gasteiger partial charge is 0.261 e. The molecule has 3 atom stereocenters. The third-order valence-electron chi connectivity index (χ3n) is 5.34. The Hall–Kier alpha value is -2.17. The van der Waals surface area contributed by atoms with Gasteiger partial charge in [0.25, 0.3) is 5.91 Å². The quantitative estimate of drug-likeness (QED) is 0.772. The van der Waals surface area contributed by atoms with Gasteiger partial charge in [0.05, 0.1) is 0 Å². The van der Waals surface area contributed by atoms with Gasteiger partial charge in [0.2, 0.25) is 0 Å². The number of anilines is 2. The highest BCUT2D eigenvalue weighted by Crippen LogP contribution is 2.45. The summed E-state index contributed by atoms with van der Waals surface area (Å²) in [6.07, 6.45) is 4.03. The molecule has 6 nitrogen and oxygen atoms in total. The van der Waals surface area contributed by atoms with E-state index in [2.05, 4.69) is 25.7 Å². The van der Waals surface area contributed by atoms with Gasteiger partial charge >= 0.3 is 0 Å². The van der Waals surface area contributed by atoms with Crippen LogP contribution in [0.25, 0.3) is 5.57 Å². The number of carbonyl (C=O) groups excluding carboxylic acids is 2. The third-order valence-corrected chi connectivity index (χ3v) is 6.35. The van der Waals surface area contributed by atoms with Crippen LogP contribution in [0.3, 0.4) is 0 Å². The molecule has 0 radical (unpaired) electrons. The fraction of sp³-hybridized carbons (Fsp3) is 0.316. The summed E-state index contributed by atoms with van der Waals surface area (Å²) in [6, 6.07) is 5.29. The van der Waals surface area contributed by atoms with E-state index in [0.717, 1.165) is 17.3 Å². The van der Waals surface area contributed by atoms with E-state index in [-0.39, 0.29) is 11.8 Å². The van der Waals surface area contributed by atoms with Gasteiger partial charge in [0, 0.05) is 30.6 Å². The normalized spacial score (nSPS) is 21.3. The number of halogens is 1. The summed E-state index contributed by atoms with van der Waals surface area (Å²) in [5.41, 5.74) is 8.69. The van der Waals surface area contributed by atoms with Crippen LogP contribution in [-0.4, -0.2) is 21.5 Å². The van der Waals surface area contributed by atoms with E-state index in [1.165, 1.54) is 4.68 Å². The first-order valence-corrected chi connectivity index (χ1v) is 9.70. The molecule has 1 heterocycles. The summed E-state index contributed by atoms with van der Waals surface area (Å²) in [7, 11) is 4.25. The number of fused-ring (bicyclic) bond motifs is 1. The van der Waals surface area contributed by atoms with E-state index in [1.54, 1.807) is 19.2 Å². The number of Topliss-reactive ketones (excluding diaryl/α,β-unsaturated/α-hetero) is 1. The lowest BCUT2D eigenvalue weighted by Gasteiger charge is -2.09. The van der Waals surface area contributed by atoms with Crippen LogP contribution >= 0.6 is 20.8 Å². The molecule has 1 aromatic carbocycles. The van der Waals surface area contributed by atoms with Gasteiger partial charge in [0.1, 0.15) is 22.9 Å². The minimum atomic E-state index is -0.322. The molecule has 4 rings (SSSR count). The predicted molar refractivity (Wildman–Crippen MR) is 110 cm³/mol. The second kappa shape index (κ2) is 6.77. The summed E-state index contributed by atoms with van der Waals surface area (Å²) in [5, 5.41) is 8.74. The van der Waals surface area contributed by atoms with Gasteiger partial charge in [-0.25, -0.2) is 0 Å². The lowest BCUT2D eigenvalue weighted by molar-refractivity contribution is -0.117. The van der Waals surface area contributed by atoms with Gasteiger partial charge < -0.3 is 11.1 Å². The number of allylic oxidation sites excluding steroid dienone is 2. The lowest BCUT2D eigenvalue weighted by Crippen LogP contribution is -2.15. The van der Waals surface area contributed by atoms with Crippen molar-refractivity contribution in [1.82, 2.24) is 9.78 Å². The van der Waals surface area contributed by atoms with E-state index in [1.807, 2.05) is 6.07 Å². The molecule has 3 N–H and O–H groups in total. The van der Waals surface area contributed by atoms with Crippen molar-refractivity contribution < 1.29 is 9.59 Å². The zero-order valence-electron chi connectivity index (χ0n) is 14.8. The van der Waals surface area contributed by atoms with Gasteiger partial charge in [-0.1, -0.05) is 23.7 Å². The Morgan fingerprint density at radius 2 is 2.15 bits per heavy atom. The molecule has 0 aliphatic heterocycles. The second-order valence-electron chi connectivity index (χ2n) is 7.19. The molecule has 1 fully saturated rings. The number of hydrogen-bond donors (Lipinski definition) is 2. The first-order valence-electron chi connectivity index (χ1n) is 8.75. The van der Waals surface area contributed by atoms with Gasteiger partial charge in [-0.15, -0.1) is 9.24 Å². The number of ketones is 1. The summed E-state index contributed by atoms with van der Waals surface area (Å²) in [5.74, 6) is 0.871. The molecule has 8 heteroatoms. The van der Waals surface area contributed by atoms with Crippen molar-refractivity contribution in [2.45, 2.75) is 19.3 Å². The molecule has 2 aliphatic rings. The van der Waals surface area contributed by atoms with Gasteiger partial charge in [0.15, 0.2) is 0 Å². The first kappa shape index (κ1) is 18.2. The highest BCUT2D eigenvalue weighted by atomic mass is 35.5. The standard InChI is InChI=1S/C19H20ClN4O2P/c1-24-18(21)16(19(26)22-12-2-3-15(27)14(20)8-12)17(23-24)11-4-9-6-13(25)7-10(9)5-11/h2-4,8-10H,5-7,21,27H2,1H3,(H,22,26). The number of nitrogen functional groups attached to an aromatic ring is 1. The molecule has 27 heavy (non-hydrogen) atoms. The molecule has 0 spiro atoms. The van der Waals surface area contributed by atoms with Gasteiger partial charge in [-0.3, -0.25) is 14.3 Å². The van der Waals surface area contributed by atoms with Crippen LogP contribution in [0.4, 0.5) is 11.5 Å². The van der Waals surface area contributed by atoms with Crippen molar-refractivity contribution in [3.8, 4) is 0 Å². The fourth-order valence-corrected chi connectivity index (χ4v) is 4.30. The summed E-state index contributed by atoms with van der Waals surface area (Å²) in [4.78, 5) is 24.6. The Kier molecular flexibility index (Phi) is 4.57. The molecule has 3 unspecified atom stereocenters. The van der Waals surface area contributed by atoms with Gasteiger partial charge in [-0.05, 0) is 41.3 Å². The number of carbonyl (C=O) groups is 2. The molecule has 1 aromatic heterocycles. The van der Waals surface area contributed by atoms with E-state index >= 15 is 0 Å². The molecule has 2 aliphatic carbocycles. The highest BCUT2D eigenvalue weighted by Gasteiger charge is 2.38. The number of benzene rings is 1. The average molecular weight is 403 g/mol. The topological polar surface area (TPSA) is 90.0 Å². The predicted octanol–water partition coefficient (Wildman–Crippen LogP) is 2.79. The van der Waals surface area contributed by atoms with E-state index in [9.17, 15) is 9.59 Å². The largest absolute Gasteiger partial charge is 0.383 e. The van der Waals surface area contributed by atoms with Crippen LogP contribution in [0.5, 0.6) is 0 Å². The summed E-state index contributed by atoms with van der Waals surface area (Å²) in [6.45, 7) is 0.